The summed E-state index contributed by atoms with van der Waals surface area (Å²) in [5.74, 6) is 0.879. The summed E-state index contributed by atoms with van der Waals surface area (Å²) in [6.45, 7) is 1.50. The molecule has 2 heterocycles. The molecule has 0 unspecified atom stereocenters. The van der Waals surface area contributed by atoms with Crippen molar-refractivity contribution in [3.05, 3.63) is 36.4 Å². The van der Waals surface area contributed by atoms with Gasteiger partial charge in [-0.25, -0.2) is 4.98 Å². The molecule has 0 fully saturated rings. The zero-order chi connectivity index (χ0) is 14.5. The molecule has 1 N–H and O–H groups in total. The molecule has 0 radical (unpaired) electrons. The maximum absolute atomic E-state index is 11.4. The first-order chi connectivity index (χ1) is 10.3. The fourth-order valence-corrected chi connectivity index (χ4v) is 2.35. The van der Waals surface area contributed by atoms with Crippen molar-refractivity contribution in [1.82, 2.24) is 14.8 Å². The van der Waals surface area contributed by atoms with Crippen LogP contribution < -0.4 is 10.1 Å². The van der Waals surface area contributed by atoms with Gasteiger partial charge in [-0.05, 0) is 30.9 Å². The Morgan fingerprint density at radius 3 is 3.10 bits per heavy atom. The van der Waals surface area contributed by atoms with E-state index in [2.05, 4.69) is 15.4 Å². The quantitative estimate of drug-likeness (QED) is 0.825. The second-order valence-corrected chi connectivity index (χ2v) is 5.08. The Hall–Kier alpha value is -2.37. The lowest BCUT2D eigenvalue weighted by Gasteiger charge is -2.17. The van der Waals surface area contributed by atoms with E-state index < -0.39 is 0 Å². The van der Waals surface area contributed by atoms with Gasteiger partial charge in [-0.3, -0.25) is 9.48 Å². The van der Waals surface area contributed by atoms with Crippen molar-refractivity contribution >= 4 is 11.6 Å². The first-order valence-corrected chi connectivity index (χ1v) is 7.19. The standard InChI is InChI=1S/C15H18N4O2/c20-15-6-4-12-3-5-13(9-14(12)18-15)21-8-2-1-7-19-11-16-10-17-19/h3,5,9-11H,1-2,4,6-8H2,(H,18,20). The summed E-state index contributed by atoms with van der Waals surface area (Å²) in [6, 6.07) is 5.90. The van der Waals surface area contributed by atoms with Crippen molar-refractivity contribution in [3.8, 4) is 5.75 Å². The minimum absolute atomic E-state index is 0.0764. The van der Waals surface area contributed by atoms with Crippen LogP contribution in [0.3, 0.4) is 0 Å². The second kappa shape index (κ2) is 6.39. The van der Waals surface area contributed by atoms with Crippen molar-refractivity contribution < 1.29 is 9.53 Å². The zero-order valence-corrected chi connectivity index (χ0v) is 11.8. The highest BCUT2D eigenvalue weighted by Gasteiger charge is 2.14. The number of ether oxygens (including phenoxy) is 1. The number of nitrogens with one attached hydrogen (secondary N) is 1. The van der Waals surface area contributed by atoms with Crippen LogP contribution in [0.2, 0.25) is 0 Å². The highest BCUT2D eigenvalue weighted by molar-refractivity contribution is 5.94. The summed E-state index contributed by atoms with van der Waals surface area (Å²) < 4.78 is 7.54. The predicted molar refractivity (Wildman–Crippen MR) is 78.1 cm³/mol. The number of carbonyl (C=O) groups excluding carboxylic acids is 1. The number of rotatable bonds is 6. The minimum Gasteiger partial charge on any atom is -0.494 e. The van der Waals surface area contributed by atoms with E-state index in [-0.39, 0.29) is 5.91 Å². The van der Waals surface area contributed by atoms with Gasteiger partial charge in [0.25, 0.3) is 0 Å². The van der Waals surface area contributed by atoms with E-state index >= 15 is 0 Å². The van der Waals surface area contributed by atoms with Crippen LogP contribution in [0.4, 0.5) is 5.69 Å². The summed E-state index contributed by atoms with van der Waals surface area (Å²) in [5.41, 5.74) is 2.06. The molecule has 2 aromatic rings. The number of aryl methyl sites for hydroxylation is 2. The second-order valence-electron chi connectivity index (χ2n) is 5.08. The topological polar surface area (TPSA) is 69.0 Å². The third kappa shape index (κ3) is 3.59. The van der Waals surface area contributed by atoms with Gasteiger partial charge in [0, 0.05) is 24.7 Å². The molecule has 6 nitrogen and oxygen atoms in total. The number of benzene rings is 1. The average Bonchev–Trinajstić information content (AvgIpc) is 3.00. The zero-order valence-electron chi connectivity index (χ0n) is 11.8. The number of fused-ring (bicyclic) bond motifs is 1. The van der Waals surface area contributed by atoms with Gasteiger partial charge in [-0.15, -0.1) is 0 Å². The predicted octanol–water partition coefficient (Wildman–Crippen LogP) is 2.02. The molecule has 1 aliphatic rings. The van der Waals surface area contributed by atoms with Gasteiger partial charge in [0.05, 0.1) is 6.61 Å². The lowest BCUT2D eigenvalue weighted by atomic mass is 10.0. The average molecular weight is 286 g/mol. The monoisotopic (exact) mass is 286 g/mol. The van der Waals surface area contributed by atoms with E-state index in [1.54, 1.807) is 6.33 Å². The highest BCUT2D eigenvalue weighted by Crippen LogP contribution is 2.27. The third-order valence-corrected chi connectivity index (χ3v) is 3.49. The van der Waals surface area contributed by atoms with Crippen LogP contribution in [0.5, 0.6) is 5.75 Å². The molecule has 1 aliphatic heterocycles. The lowest BCUT2D eigenvalue weighted by Crippen LogP contribution is -2.18. The number of aromatic nitrogens is 3. The number of amides is 1. The number of hydrogen-bond donors (Lipinski definition) is 1. The van der Waals surface area contributed by atoms with Crippen LogP contribution in [-0.2, 0) is 17.8 Å². The fourth-order valence-electron chi connectivity index (χ4n) is 2.35. The van der Waals surface area contributed by atoms with Crippen LogP contribution in [-0.4, -0.2) is 27.3 Å². The Bertz CT molecular complexity index is 610. The van der Waals surface area contributed by atoms with Gasteiger partial charge in [-0.1, -0.05) is 6.07 Å². The number of nitrogens with zero attached hydrogens (tertiary/aromatic N) is 3. The van der Waals surface area contributed by atoms with Gasteiger partial charge < -0.3 is 10.1 Å². The smallest absolute Gasteiger partial charge is 0.224 e. The molecule has 110 valence electrons. The van der Waals surface area contributed by atoms with Crippen molar-refractivity contribution in [2.75, 3.05) is 11.9 Å². The molecule has 0 bridgehead atoms. The van der Waals surface area contributed by atoms with Crippen LogP contribution in [0.1, 0.15) is 24.8 Å². The molecular formula is C15H18N4O2. The largest absolute Gasteiger partial charge is 0.494 e. The van der Waals surface area contributed by atoms with E-state index in [4.69, 9.17) is 4.74 Å². The third-order valence-electron chi connectivity index (χ3n) is 3.49. The van der Waals surface area contributed by atoms with Gasteiger partial charge in [0.15, 0.2) is 0 Å². The van der Waals surface area contributed by atoms with Crippen LogP contribution in [0.25, 0.3) is 0 Å². The van der Waals surface area contributed by atoms with E-state index in [1.165, 1.54) is 11.9 Å². The van der Waals surface area contributed by atoms with Crippen LogP contribution in [0, 0.1) is 0 Å². The molecule has 0 aliphatic carbocycles. The van der Waals surface area contributed by atoms with Crippen molar-refractivity contribution in [2.45, 2.75) is 32.2 Å². The molecule has 1 aromatic carbocycles. The van der Waals surface area contributed by atoms with Crippen molar-refractivity contribution in [1.29, 1.82) is 0 Å². The molecule has 0 spiro atoms. The Labute approximate surface area is 123 Å². The lowest BCUT2D eigenvalue weighted by molar-refractivity contribution is -0.116. The van der Waals surface area contributed by atoms with Gasteiger partial charge >= 0.3 is 0 Å². The molecule has 21 heavy (non-hydrogen) atoms. The van der Waals surface area contributed by atoms with E-state index in [9.17, 15) is 4.79 Å². The fraction of sp³-hybridized carbons (Fsp3) is 0.400. The summed E-state index contributed by atoms with van der Waals surface area (Å²) in [6.07, 6.45) is 6.56. The van der Waals surface area contributed by atoms with Gasteiger partial charge in [-0.2, -0.15) is 5.10 Å². The Morgan fingerprint density at radius 1 is 1.29 bits per heavy atom. The summed E-state index contributed by atoms with van der Waals surface area (Å²) in [4.78, 5) is 15.3. The van der Waals surface area contributed by atoms with E-state index in [0.29, 0.717) is 13.0 Å². The number of carbonyl (C=O) groups is 1. The maximum atomic E-state index is 11.4. The SMILES string of the molecule is O=C1CCc2ccc(OCCCCn3cncn3)cc2N1. The first-order valence-electron chi connectivity index (χ1n) is 7.19. The van der Waals surface area contributed by atoms with Gasteiger partial charge in [0.1, 0.15) is 18.4 Å². The number of hydrogen-bond acceptors (Lipinski definition) is 4. The van der Waals surface area contributed by atoms with E-state index in [0.717, 1.165) is 37.2 Å². The summed E-state index contributed by atoms with van der Waals surface area (Å²) in [5, 5.41) is 6.93. The molecule has 6 heteroatoms. The molecule has 0 saturated carbocycles. The van der Waals surface area contributed by atoms with Crippen molar-refractivity contribution in [2.24, 2.45) is 0 Å². The normalized spacial score (nSPS) is 13.6. The summed E-state index contributed by atoms with van der Waals surface area (Å²) in [7, 11) is 0. The van der Waals surface area contributed by atoms with E-state index in [1.807, 2.05) is 22.9 Å². The number of unbranched alkanes of at least 4 members (excludes halogenated alkanes) is 1. The van der Waals surface area contributed by atoms with Crippen LogP contribution >= 0.6 is 0 Å². The first kappa shape index (κ1) is 13.6. The molecule has 0 saturated heterocycles. The van der Waals surface area contributed by atoms with Crippen LogP contribution in [0.15, 0.2) is 30.9 Å². The number of anilines is 1. The molecule has 1 aromatic heterocycles. The Balaban J connectivity index is 1.45. The molecular weight excluding hydrogens is 268 g/mol. The summed E-state index contributed by atoms with van der Waals surface area (Å²) >= 11 is 0. The van der Waals surface area contributed by atoms with Crippen molar-refractivity contribution in [3.63, 3.8) is 0 Å². The molecule has 3 rings (SSSR count). The molecule has 1 amide bonds. The maximum Gasteiger partial charge on any atom is 0.224 e. The van der Waals surface area contributed by atoms with Gasteiger partial charge in [0.2, 0.25) is 5.91 Å². The highest BCUT2D eigenvalue weighted by atomic mass is 16.5. The Kier molecular flexibility index (Phi) is 4.14. The minimum atomic E-state index is 0.0764. The molecule has 0 atom stereocenters. The Morgan fingerprint density at radius 2 is 2.24 bits per heavy atom.